The van der Waals surface area contributed by atoms with E-state index >= 15 is 0 Å². The van der Waals surface area contributed by atoms with Gasteiger partial charge in [-0.2, -0.15) is 0 Å². The molecule has 0 radical (unpaired) electrons. The van der Waals surface area contributed by atoms with E-state index in [1.165, 1.54) is 5.56 Å². The highest BCUT2D eigenvalue weighted by Crippen LogP contribution is 2.28. The SMILES string of the molecule is CCc1nc2c(C(C)(C)C)cccc2[nH]1. The molecule has 0 aliphatic carbocycles. The lowest BCUT2D eigenvalue weighted by molar-refractivity contribution is 0.595. The molecule has 0 bridgehead atoms. The molecule has 2 heteroatoms. The maximum Gasteiger partial charge on any atom is 0.106 e. The highest BCUT2D eigenvalue weighted by molar-refractivity contribution is 5.79. The molecule has 0 unspecified atom stereocenters. The van der Waals surface area contributed by atoms with E-state index in [2.05, 4.69) is 55.9 Å². The number of aryl methyl sites for hydroxylation is 1. The number of aromatic nitrogens is 2. The molecule has 0 atom stereocenters. The van der Waals surface area contributed by atoms with Gasteiger partial charge in [-0.15, -0.1) is 0 Å². The molecule has 0 aliphatic rings. The third-order valence-corrected chi connectivity index (χ3v) is 2.70. The summed E-state index contributed by atoms with van der Waals surface area (Å²) in [7, 11) is 0. The Morgan fingerprint density at radius 1 is 1.27 bits per heavy atom. The van der Waals surface area contributed by atoms with Gasteiger partial charge in [-0.25, -0.2) is 4.98 Å². The summed E-state index contributed by atoms with van der Waals surface area (Å²) in [6.07, 6.45) is 0.957. The Kier molecular flexibility index (Phi) is 2.29. The maximum atomic E-state index is 4.64. The molecule has 1 aromatic carbocycles. The van der Waals surface area contributed by atoms with Crippen molar-refractivity contribution >= 4 is 11.0 Å². The molecule has 0 amide bonds. The fourth-order valence-electron chi connectivity index (χ4n) is 1.86. The van der Waals surface area contributed by atoms with Crippen LogP contribution in [-0.2, 0) is 11.8 Å². The fourth-order valence-corrected chi connectivity index (χ4v) is 1.86. The predicted molar refractivity (Wildman–Crippen MR) is 64.2 cm³/mol. The Bertz CT molecular complexity index is 475. The Morgan fingerprint density at radius 2 is 2.00 bits per heavy atom. The van der Waals surface area contributed by atoms with E-state index in [4.69, 9.17) is 0 Å². The zero-order chi connectivity index (χ0) is 11.1. The van der Waals surface area contributed by atoms with Crippen LogP contribution in [-0.4, -0.2) is 9.97 Å². The van der Waals surface area contributed by atoms with E-state index in [1.54, 1.807) is 0 Å². The average Bonchev–Trinajstić information content (AvgIpc) is 2.57. The topological polar surface area (TPSA) is 28.7 Å². The van der Waals surface area contributed by atoms with Gasteiger partial charge in [0.25, 0.3) is 0 Å². The van der Waals surface area contributed by atoms with Gasteiger partial charge in [0.05, 0.1) is 11.0 Å². The van der Waals surface area contributed by atoms with Gasteiger partial charge in [0.15, 0.2) is 0 Å². The number of aromatic amines is 1. The summed E-state index contributed by atoms with van der Waals surface area (Å²) in [6.45, 7) is 8.79. The fraction of sp³-hybridized carbons (Fsp3) is 0.462. The minimum absolute atomic E-state index is 0.152. The molecule has 1 aromatic heterocycles. The lowest BCUT2D eigenvalue weighted by Crippen LogP contribution is -2.11. The van der Waals surface area contributed by atoms with Crippen LogP contribution in [0.25, 0.3) is 11.0 Å². The van der Waals surface area contributed by atoms with E-state index in [0.717, 1.165) is 23.3 Å². The summed E-state index contributed by atoms with van der Waals surface area (Å²) >= 11 is 0. The normalized spacial score (nSPS) is 12.3. The van der Waals surface area contributed by atoms with Crippen molar-refractivity contribution in [3.63, 3.8) is 0 Å². The first-order chi connectivity index (χ1) is 7.02. The van der Waals surface area contributed by atoms with Crippen LogP contribution in [0.5, 0.6) is 0 Å². The van der Waals surface area contributed by atoms with Crippen molar-refractivity contribution in [1.82, 2.24) is 9.97 Å². The van der Waals surface area contributed by atoms with Crippen LogP contribution in [0.15, 0.2) is 18.2 Å². The first-order valence-corrected chi connectivity index (χ1v) is 5.50. The molecule has 0 spiro atoms. The van der Waals surface area contributed by atoms with Crippen LogP contribution in [0.4, 0.5) is 0 Å². The Labute approximate surface area is 90.7 Å². The quantitative estimate of drug-likeness (QED) is 0.754. The third kappa shape index (κ3) is 1.76. The number of para-hydroxylation sites is 1. The molecule has 1 N–H and O–H groups in total. The van der Waals surface area contributed by atoms with Crippen molar-refractivity contribution in [2.75, 3.05) is 0 Å². The number of hydrogen-bond donors (Lipinski definition) is 1. The van der Waals surface area contributed by atoms with Crippen molar-refractivity contribution in [2.45, 2.75) is 39.5 Å². The van der Waals surface area contributed by atoms with Gasteiger partial charge in [-0.1, -0.05) is 39.8 Å². The summed E-state index contributed by atoms with van der Waals surface area (Å²) in [6, 6.07) is 6.36. The molecule has 2 aromatic rings. The number of H-pyrrole nitrogens is 1. The average molecular weight is 202 g/mol. The smallest absolute Gasteiger partial charge is 0.106 e. The van der Waals surface area contributed by atoms with E-state index in [-0.39, 0.29) is 5.41 Å². The summed E-state index contributed by atoms with van der Waals surface area (Å²) in [5.74, 6) is 1.07. The largest absolute Gasteiger partial charge is 0.342 e. The lowest BCUT2D eigenvalue weighted by atomic mass is 9.86. The molecular weight excluding hydrogens is 184 g/mol. The molecule has 0 saturated heterocycles. The van der Waals surface area contributed by atoms with Gasteiger partial charge in [0, 0.05) is 6.42 Å². The monoisotopic (exact) mass is 202 g/mol. The van der Waals surface area contributed by atoms with Crippen LogP contribution in [0.1, 0.15) is 39.1 Å². The van der Waals surface area contributed by atoms with Crippen LogP contribution in [0, 0.1) is 0 Å². The van der Waals surface area contributed by atoms with Crippen LogP contribution in [0.2, 0.25) is 0 Å². The van der Waals surface area contributed by atoms with E-state index in [1.807, 2.05) is 0 Å². The molecule has 0 fully saturated rings. The van der Waals surface area contributed by atoms with Gasteiger partial charge in [0.1, 0.15) is 5.82 Å². The van der Waals surface area contributed by atoms with Crippen molar-refractivity contribution in [2.24, 2.45) is 0 Å². The lowest BCUT2D eigenvalue weighted by Gasteiger charge is -2.19. The summed E-state index contributed by atoms with van der Waals surface area (Å²) in [5, 5.41) is 0. The standard InChI is InChI=1S/C13H18N2/c1-5-11-14-10-8-6-7-9(12(10)15-11)13(2,3)4/h6-8H,5H2,1-4H3,(H,14,15). The molecule has 1 heterocycles. The number of fused-ring (bicyclic) bond motifs is 1. The molecule has 2 rings (SSSR count). The molecule has 0 saturated carbocycles. The zero-order valence-electron chi connectivity index (χ0n) is 9.89. The summed E-state index contributed by atoms with van der Waals surface area (Å²) in [4.78, 5) is 7.99. The number of benzene rings is 1. The van der Waals surface area contributed by atoms with Crippen LogP contribution in [0.3, 0.4) is 0 Å². The van der Waals surface area contributed by atoms with Crippen molar-refractivity contribution in [3.8, 4) is 0 Å². The zero-order valence-corrected chi connectivity index (χ0v) is 9.89. The third-order valence-electron chi connectivity index (χ3n) is 2.70. The van der Waals surface area contributed by atoms with Gasteiger partial charge < -0.3 is 4.98 Å². The first-order valence-electron chi connectivity index (χ1n) is 5.50. The van der Waals surface area contributed by atoms with Crippen molar-refractivity contribution in [1.29, 1.82) is 0 Å². The molecule has 0 aliphatic heterocycles. The summed E-state index contributed by atoms with van der Waals surface area (Å²) < 4.78 is 0. The van der Waals surface area contributed by atoms with Gasteiger partial charge in [-0.3, -0.25) is 0 Å². The highest BCUT2D eigenvalue weighted by atomic mass is 14.9. The minimum atomic E-state index is 0.152. The summed E-state index contributed by atoms with van der Waals surface area (Å²) in [5.41, 5.74) is 3.75. The van der Waals surface area contributed by atoms with Gasteiger partial charge in [-0.05, 0) is 17.0 Å². The number of nitrogens with zero attached hydrogens (tertiary/aromatic N) is 1. The first kappa shape index (κ1) is 10.2. The van der Waals surface area contributed by atoms with Gasteiger partial charge in [0.2, 0.25) is 0 Å². The van der Waals surface area contributed by atoms with E-state index in [0.29, 0.717) is 0 Å². The maximum absolute atomic E-state index is 4.64. The second-order valence-corrected chi connectivity index (χ2v) is 4.99. The Hall–Kier alpha value is -1.31. The van der Waals surface area contributed by atoms with Crippen molar-refractivity contribution < 1.29 is 0 Å². The van der Waals surface area contributed by atoms with Crippen molar-refractivity contribution in [3.05, 3.63) is 29.6 Å². The number of imidazole rings is 1. The second-order valence-electron chi connectivity index (χ2n) is 4.99. The van der Waals surface area contributed by atoms with Crippen LogP contribution < -0.4 is 0 Å². The molecule has 15 heavy (non-hydrogen) atoms. The van der Waals surface area contributed by atoms with Gasteiger partial charge >= 0.3 is 0 Å². The highest BCUT2D eigenvalue weighted by Gasteiger charge is 2.18. The predicted octanol–water partition coefficient (Wildman–Crippen LogP) is 3.42. The van der Waals surface area contributed by atoms with Crippen LogP contribution >= 0.6 is 0 Å². The Balaban J connectivity index is 2.70. The minimum Gasteiger partial charge on any atom is -0.342 e. The Morgan fingerprint density at radius 3 is 2.60 bits per heavy atom. The number of nitrogens with one attached hydrogen (secondary N) is 1. The molecule has 2 nitrogen and oxygen atoms in total. The van der Waals surface area contributed by atoms with E-state index in [9.17, 15) is 0 Å². The van der Waals surface area contributed by atoms with E-state index < -0.39 is 0 Å². The second kappa shape index (κ2) is 3.37. The number of hydrogen-bond acceptors (Lipinski definition) is 1. The molecular formula is C13H18N2. The molecule has 80 valence electrons. The number of rotatable bonds is 1.